The second kappa shape index (κ2) is 7.46. The fourth-order valence-corrected chi connectivity index (χ4v) is 3.99. The third-order valence-electron chi connectivity index (χ3n) is 3.69. The van der Waals surface area contributed by atoms with Gasteiger partial charge in [0.2, 0.25) is 11.0 Å². The molecule has 134 valence electrons. The normalized spacial score (nSPS) is 11.5. The molecule has 26 heavy (non-hydrogen) atoms. The maximum atomic E-state index is 14.4. The first-order valence-corrected chi connectivity index (χ1v) is 10.5. The van der Waals surface area contributed by atoms with Crippen LogP contribution in [0.25, 0.3) is 11.4 Å². The fraction of sp³-hybridized carbons (Fsp3) is 0.176. The summed E-state index contributed by atoms with van der Waals surface area (Å²) in [5.41, 5.74) is 1.21. The first-order valence-electron chi connectivity index (χ1n) is 7.59. The maximum Gasteiger partial charge on any atom is 0.229 e. The molecule has 3 rings (SSSR count). The largest absolute Gasteiger partial charge is 0.229 e. The van der Waals surface area contributed by atoms with Gasteiger partial charge in [0.15, 0.2) is 9.84 Å². The Morgan fingerprint density at radius 3 is 2.27 bits per heavy atom. The van der Waals surface area contributed by atoms with E-state index in [1.807, 2.05) is 6.92 Å². The van der Waals surface area contributed by atoms with E-state index in [4.69, 9.17) is 0 Å². The van der Waals surface area contributed by atoms with Crippen molar-refractivity contribution >= 4 is 21.6 Å². The van der Waals surface area contributed by atoms with Crippen LogP contribution >= 0.6 is 11.8 Å². The minimum atomic E-state index is -3.66. The summed E-state index contributed by atoms with van der Waals surface area (Å²) in [6, 6.07) is 10.7. The molecule has 0 fully saturated rings. The van der Waals surface area contributed by atoms with Crippen molar-refractivity contribution in [1.82, 2.24) is 20.4 Å². The number of hydrogen-bond donors (Lipinski definition) is 0. The zero-order chi connectivity index (χ0) is 18.7. The molecule has 3 aromatic rings. The van der Waals surface area contributed by atoms with Crippen molar-refractivity contribution in [3.05, 3.63) is 59.4 Å². The highest BCUT2D eigenvalue weighted by atomic mass is 32.2. The molecular weight excluding hydrogens is 375 g/mol. The number of aromatic nitrogens is 4. The second-order valence-corrected chi connectivity index (χ2v) is 8.32. The molecule has 1 aromatic heterocycles. The summed E-state index contributed by atoms with van der Waals surface area (Å²) < 4.78 is 39.8. The van der Waals surface area contributed by atoms with Gasteiger partial charge in [-0.1, -0.05) is 41.6 Å². The predicted octanol–water partition coefficient (Wildman–Crippen LogP) is 3.08. The molecule has 0 saturated carbocycles. The number of sulfone groups is 1. The maximum absolute atomic E-state index is 14.4. The molecule has 0 aliphatic heterocycles. The van der Waals surface area contributed by atoms with Crippen molar-refractivity contribution in [2.24, 2.45) is 0 Å². The van der Waals surface area contributed by atoms with Crippen molar-refractivity contribution in [1.29, 1.82) is 0 Å². The minimum absolute atomic E-state index is 0.00385. The van der Waals surface area contributed by atoms with Crippen LogP contribution in [0.1, 0.15) is 11.1 Å². The molecule has 6 nitrogen and oxygen atoms in total. The van der Waals surface area contributed by atoms with Crippen molar-refractivity contribution in [2.45, 2.75) is 22.7 Å². The van der Waals surface area contributed by atoms with Gasteiger partial charge in [-0.3, -0.25) is 0 Å². The second-order valence-electron chi connectivity index (χ2n) is 5.56. The average molecular weight is 390 g/mol. The van der Waals surface area contributed by atoms with Crippen molar-refractivity contribution in [3.63, 3.8) is 0 Å². The third-order valence-corrected chi connectivity index (χ3v) is 5.90. The molecule has 0 unspecified atom stereocenters. The summed E-state index contributed by atoms with van der Waals surface area (Å²) >= 11 is 1.25. The van der Waals surface area contributed by atoms with Crippen LogP contribution in [-0.4, -0.2) is 35.1 Å². The molecule has 1 heterocycles. The number of thioether (sulfide) groups is 1. The van der Waals surface area contributed by atoms with Gasteiger partial charge in [-0.05, 0) is 36.9 Å². The number of benzene rings is 2. The van der Waals surface area contributed by atoms with E-state index >= 15 is 0 Å². The quantitative estimate of drug-likeness (QED) is 0.619. The van der Waals surface area contributed by atoms with Gasteiger partial charge in [-0.25, -0.2) is 12.8 Å². The Hall–Kier alpha value is -2.39. The van der Waals surface area contributed by atoms with Gasteiger partial charge in [-0.2, -0.15) is 0 Å². The van der Waals surface area contributed by atoms with Gasteiger partial charge >= 0.3 is 0 Å². The van der Waals surface area contributed by atoms with Crippen LogP contribution in [0.4, 0.5) is 4.39 Å². The highest BCUT2D eigenvalue weighted by Crippen LogP contribution is 2.27. The van der Waals surface area contributed by atoms with Gasteiger partial charge in [0.25, 0.3) is 0 Å². The molecule has 0 radical (unpaired) electrons. The van der Waals surface area contributed by atoms with Gasteiger partial charge in [-0.15, -0.1) is 20.4 Å². The standard InChI is InChI=1S/C17H15FN4O2S2/c1-11-6-8-13(9-7-11)26(23,24)10-12-4-3-5-14(18)15(12)16-19-21-17(25-2)22-20-16/h3-9H,10H2,1-2H3. The Balaban J connectivity index is 2.03. The predicted molar refractivity (Wildman–Crippen MR) is 96.9 cm³/mol. The summed E-state index contributed by atoms with van der Waals surface area (Å²) in [6.07, 6.45) is 1.76. The van der Waals surface area contributed by atoms with Crippen molar-refractivity contribution in [2.75, 3.05) is 6.26 Å². The van der Waals surface area contributed by atoms with Crippen LogP contribution in [0.15, 0.2) is 52.5 Å². The molecule has 0 spiro atoms. The van der Waals surface area contributed by atoms with E-state index in [-0.39, 0.29) is 27.6 Å². The average Bonchev–Trinajstić information content (AvgIpc) is 2.62. The molecule has 2 aromatic carbocycles. The van der Waals surface area contributed by atoms with Gasteiger partial charge in [0.05, 0.1) is 16.2 Å². The van der Waals surface area contributed by atoms with Gasteiger partial charge < -0.3 is 0 Å². The monoisotopic (exact) mass is 390 g/mol. The SMILES string of the molecule is CSc1nnc(-c2c(F)cccc2CS(=O)(=O)c2ccc(C)cc2)nn1. The van der Waals surface area contributed by atoms with Crippen LogP contribution in [0.5, 0.6) is 0 Å². The lowest BCUT2D eigenvalue weighted by atomic mass is 10.1. The summed E-state index contributed by atoms with van der Waals surface area (Å²) in [5, 5.41) is 15.8. The van der Waals surface area contributed by atoms with E-state index in [0.717, 1.165) is 5.56 Å². The number of halogens is 1. The first-order chi connectivity index (χ1) is 12.4. The molecule has 0 saturated heterocycles. The van der Waals surface area contributed by atoms with Crippen molar-refractivity contribution < 1.29 is 12.8 Å². The van der Waals surface area contributed by atoms with E-state index in [9.17, 15) is 12.8 Å². The number of aryl methyl sites for hydroxylation is 1. The highest BCUT2D eigenvalue weighted by Gasteiger charge is 2.21. The molecule has 0 N–H and O–H groups in total. The molecule has 0 atom stereocenters. The first kappa shape index (κ1) is 18.4. The van der Waals surface area contributed by atoms with Crippen LogP contribution in [0.3, 0.4) is 0 Å². The van der Waals surface area contributed by atoms with Crippen molar-refractivity contribution in [3.8, 4) is 11.4 Å². The molecule has 0 amide bonds. The summed E-state index contributed by atoms with van der Waals surface area (Å²) in [7, 11) is -3.66. The van der Waals surface area contributed by atoms with E-state index in [2.05, 4.69) is 20.4 Å². The van der Waals surface area contributed by atoms with Crippen LogP contribution in [0, 0.1) is 12.7 Å². The summed E-state index contributed by atoms with van der Waals surface area (Å²) in [5.74, 6) is -1.05. The van der Waals surface area contributed by atoms with Crippen LogP contribution in [-0.2, 0) is 15.6 Å². The highest BCUT2D eigenvalue weighted by molar-refractivity contribution is 7.98. The Kier molecular flexibility index (Phi) is 5.28. The topological polar surface area (TPSA) is 85.7 Å². The van der Waals surface area contributed by atoms with Crippen LogP contribution < -0.4 is 0 Å². The molecule has 0 aliphatic carbocycles. The lowest BCUT2D eigenvalue weighted by Gasteiger charge is -2.10. The van der Waals surface area contributed by atoms with Crippen LogP contribution in [0.2, 0.25) is 0 Å². The Morgan fingerprint density at radius 2 is 1.65 bits per heavy atom. The third kappa shape index (κ3) is 3.88. The molecule has 0 bridgehead atoms. The van der Waals surface area contributed by atoms with Gasteiger partial charge in [0, 0.05) is 0 Å². The lowest BCUT2D eigenvalue weighted by Crippen LogP contribution is -2.08. The number of nitrogens with zero attached hydrogens (tertiary/aromatic N) is 4. The van der Waals surface area contributed by atoms with E-state index in [1.54, 1.807) is 18.4 Å². The zero-order valence-electron chi connectivity index (χ0n) is 14.0. The number of hydrogen-bond acceptors (Lipinski definition) is 7. The Bertz CT molecular complexity index is 1020. The molecule has 9 heteroatoms. The summed E-state index contributed by atoms with van der Waals surface area (Å²) in [6.45, 7) is 1.87. The van der Waals surface area contributed by atoms with E-state index < -0.39 is 15.7 Å². The number of rotatable bonds is 5. The molecule has 0 aliphatic rings. The lowest BCUT2D eigenvalue weighted by molar-refractivity contribution is 0.594. The van der Waals surface area contributed by atoms with E-state index in [0.29, 0.717) is 5.16 Å². The molecular formula is C17H15FN4O2S2. The Labute approximate surface area is 154 Å². The smallest absolute Gasteiger partial charge is 0.223 e. The van der Waals surface area contributed by atoms with Gasteiger partial charge in [0.1, 0.15) is 5.82 Å². The zero-order valence-corrected chi connectivity index (χ0v) is 15.7. The fourth-order valence-electron chi connectivity index (χ4n) is 2.38. The van der Waals surface area contributed by atoms with E-state index in [1.165, 1.54) is 42.1 Å². The Morgan fingerprint density at radius 1 is 1.00 bits per heavy atom. The summed E-state index contributed by atoms with van der Waals surface area (Å²) in [4.78, 5) is 0.174. The minimum Gasteiger partial charge on any atom is -0.223 e.